The fourth-order valence-electron chi connectivity index (χ4n) is 2.32. The topological polar surface area (TPSA) is 15.3 Å². The third-order valence-electron chi connectivity index (χ3n) is 3.60. The van der Waals surface area contributed by atoms with Crippen molar-refractivity contribution in [3.8, 4) is 0 Å². The number of nitrogens with one attached hydrogen (secondary N) is 1. The van der Waals surface area contributed by atoms with E-state index in [9.17, 15) is 4.39 Å². The summed E-state index contributed by atoms with van der Waals surface area (Å²) in [6, 6.07) is 5.63. The van der Waals surface area contributed by atoms with Gasteiger partial charge in [0.2, 0.25) is 0 Å². The predicted octanol–water partition coefficient (Wildman–Crippen LogP) is 2.32. The molecule has 0 atom stereocenters. The van der Waals surface area contributed by atoms with Gasteiger partial charge in [0.1, 0.15) is 5.82 Å². The minimum absolute atomic E-state index is 0.148. The Labute approximate surface area is 103 Å². The minimum atomic E-state index is -0.148. The summed E-state index contributed by atoms with van der Waals surface area (Å²) in [6.45, 7) is 5.15. The molecule has 0 radical (unpaired) electrons. The molecule has 2 rings (SSSR count). The summed E-state index contributed by atoms with van der Waals surface area (Å²) in [7, 11) is 2.17. The Morgan fingerprint density at radius 1 is 1.35 bits per heavy atom. The van der Waals surface area contributed by atoms with E-state index in [2.05, 4.69) is 17.3 Å². The smallest absolute Gasteiger partial charge is 0.123 e. The summed E-state index contributed by atoms with van der Waals surface area (Å²) in [5.41, 5.74) is 2.23. The maximum absolute atomic E-state index is 13.0. The molecule has 1 aliphatic heterocycles. The fourth-order valence-corrected chi connectivity index (χ4v) is 2.32. The Morgan fingerprint density at radius 3 is 2.71 bits per heavy atom. The van der Waals surface area contributed by atoms with Crippen molar-refractivity contribution >= 4 is 0 Å². The van der Waals surface area contributed by atoms with Crippen molar-refractivity contribution in [1.29, 1.82) is 0 Å². The standard InChI is InChI=1S/C14H21FN2/c1-11-9-13(15)4-3-12(11)10-16-14-5-7-17(2)8-6-14/h3-4,9,14,16H,5-8,10H2,1-2H3. The van der Waals surface area contributed by atoms with Gasteiger partial charge in [0.25, 0.3) is 0 Å². The first kappa shape index (κ1) is 12.5. The average molecular weight is 236 g/mol. The minimum Gasteiger partial charge on any atom is -0.310 e. The molecule has 0 bridgehead atoms. The highest BCUT2D eigenvalue weighted by molar-refractivity contribution is 5.26. The zero-order valence-electron chi connectivity index (χ0n) is 10.7. The number of piperidine rings is 1. The molecule has 1 heterocycles. The lowest BCUT2D eigenvalue weighted by Crippen LogP contribution is -2.40. The van der Waals surface area contributed by atoms with Crippen LogP contribution in [0.15, 0.2) is 18.2 Å². The van der Waals surface area contributed by atoms with Crippen LogP contribution < -0.4 is 5.32 Å². The van der Waals surface area contributed by atoms with Gasteiger partial charge in [-0.05, 0) is 63.2 Å². The second-order valence-electron chi connectivity index (χ2n) is 5.03. The van der Waals surface area contributed by atoms with Crippen molar-refractivity contribution in [2.75, 3.05) is 20.1 Å². The van der Waals surface area contributed by atoms with E-state index in [-0.39, 0.29) is 5.82 Å². The number of likely N-dealkylation sites (tertiary alicyclic amines) is 1. The maximum Gasteiger partial charge on any atom is 0.123 e. The molecule has 0 aromatic heterocycles. The molecular weight excluding hydrogens is 215 g/mol. The van der Waals surface area contributed by atoms with Gasteiger partial charge in [-0.3, -0.25) is 0 Å². The Hall–Kier alpha value is -0.930. The quantitative estimate of drug-likeness (QED) is 0.866. The average Bonchev–Trinajstić information content (AvgIpc) is 2.30. The second-order valence-corrected chi connectivity index (χ2v) is 5.03. The van der Waals surface area contributed by atoms with Crippen LogP contribution in [0.1, 0.15) is 24.0 Å². The molecule has 3 heteroatoms. The van der Waals surface area contributed by atoms with E-state index in [1.54, 1.807) is 12.1 Å². The molecule has 1 saturated heterocycles. The normalized spacial score (nSPS) is 18.5. The molecule has 1 aromatic rings. The number of nitrogens with zero attached hydrogens (tertiary/aromatic N) is 1. The molecule has 0 unspecified atom stereocenters. The van der Waals surface area contributed by atoms with Gasteiger partial charge in [-0.2, -0.15) is 0 Å². The number of aryl methyl sites for hydroxylation is 1. The fraction of sp³-hybridized carbons (Fsp3) is 0.571. The summed E-state index contributed by atoms with van der Waals surface area (Å²) in [5.74, 6) is -0.148. The highest BCUT2D eigenvalue weighted by Gasteiger charge is 2.15. The Morgan fingerprint density at radius 2 is 2.06 bits per heavy atom. The van der Waals surface area contributed by atoms with Gasteiger partial charge in [0, 0.05) is 12.6 Å². The monoisotopic (exact) mass is 236 g/mol. The van der Waals surface area contributed by atoms with Crippen LogP contribution >= 0.6 is 0 Å². The van der Waals surface area contributed by atoms with E-state index in [1.807, 2.05) is 13.0 Å². The number of rotatable bonds is 3. The first-order valence-corrected chi connectivity index (χ1v) is 6.32. The SMILES string of the molecule is Cc1cc(F)ccc1CNC1CCN(C)CC1. The number of hydrogen-bond acceptors (Lipinski definition) is 2. The zero-order chi connectivity index (χ0) is 12.3. The number of hydrogen-bond donors (Lipinski definition) is 1. The first-order chi connectivity index (χ1) is 8.15. The van der Waals surface area contributed by atoms with Crippen LogP contribution in [-0.2, 0) is 6.54 Å². The molecule has 2 nitrogen and oxygen atoms in total. The number of halogens is 1. The summed E-state index contributed by atoms with van der Waals surface area (Å²) >= 11 is 0. The zero-order valence-corrected chi connectivity index (χ0v) is 10.7. The largest absolute Gasteiger partial charge is 0.310 e. The molecule has 1 N–H and O–H groups in total. The van der Waals surface area contributed by atoms with Crippen LogP contribution in [-0.4, -0.2) is 31.1 Å². The van der Waals surface area contributed by atoms with E-state index in [4.69, 9.17) is 0 Å². The molecule has 0 aliphatic carbocycles. The van der Waals surface area contributed by atoms with Crippen LogP contribution in [0.3, 0.4) is 0 Å². The lowest BCUT2D eigenvalue weighted by atomic mass is 10.0. The van der Waals surface area contributed by atoms with Gasteiger partial charge >= 0.3 is 0 Å². The molecule has 17 heavy (non-hydrogen) atoms. The maximum atomic E-state index is 13.0. The van der Waals surface area contributed by atoms with Crippen molar-refractivity contribution in [3.05, 3.63) is 35.1 Å². The van der Waals surface area contributed by atoms with Gasteiger partial charge in [0.05, 0.1) is 0 Å². The summed E-state index contributed by atoms with van der Waals surface area (Å²) in [4.78, 5) is 2.36. The highest BCUT2D eigenvalue weighted by Crippen LogP contribution is 2.12. The summed E-state index contributed by atoms with van der Waals surface area (Å²) in [6.07, 6.45) is 2.41. The lowest BCUT2D eigenvalue weighted by Gasteiger charge is -2.29. The van der Waals surface area contributed by atoms with Crippen molar-refractivity contribution < 1.29 is 4.39 Å². The third kappa shape index (κ3) is 3.51. The summed E-state index contributed by atoms with van der Waals surface area (Å²) < 4.78 is 13.0. The molecule has 1 fully saturated rings. The molecule has 0 spiro atoms. The molecule has 1 aliphatic rings. The van der Waals surface area contributed by atoms with Gasteiger partial charge in [-0.15, -0.1) is 0 Å². The third-order valence-corrected chi connectivity index (χ3v) is 3.60. The Balaban J connectivity index is 1.85. The van der Waals surface area contributed by atoms with Gasteiger partial charge in [-0.1, -0.05) is 6.07 Å². The summed E-state index contributed by atoms with van der Waals surface area (Å²) in [5, 5.41) is 3.57. The van der Waals surface area contributed by atoms with Crippen molar-refractivity contribution in [1.82, 2.24) is 10.2 Å². The lowest BCUT2D eigenvalue weighted by molar-refractivity contribution is 0.234. The first-order valence-electron chi connectivity index (χ1n) is 6.32. The molecule has 0 amide bonds. The van der Waals surface area contributed by atoms with Crippen LogP contribution in [0.4, 0.5) is 4.39 Å². The van der Waals surface area contributed by atoms with Crippen LogP contribution in [0.5, 0.6) is 0 Å². The molecule has 0 saturated carbocycles. The van der Waals surface area contributed by atoms with E-state index in [0.717, 1.165) is 12.1 Å². The van der Waals surface area contributed by atoms with E-state index in [1.165, 1.54) is 31.5 Å². The van der Waals surface area contributed by atoms with Gasteiger partial charge < -0.3 is 10.2 Å². The van der Waals surface area contributed by atoms with Crippen molar-refractivity contribution in [3.63, 3.8) is 0 Å². The molecule has 94 valence electrons. The second kappa shape index (κ2) is 5.61. The number of benzene rings is 1. The predicted molar refractivity (Wildman–Crippen MR) is 68.5 cm³/mol. The van der Waals surface area contributed by atoms with Crippen molar-refractivity contribution in [2.45, 2.75) is 32.4 Å². The Kier molecular flexibility index (Phi) is 4.13. The molecule has 1 aromatic carbocycles. The Bertz CT molecular complexity index is 370. The van der Waals surface area contributed by atoms with E-state index < -0.39 is 0 Å². The van der Waals surface area contributed by atoms with Crippen molar-refractivity contribution in [2.24, 2.45) is 0 Å². The van der Waals surface area contributed by atoms with E-state index >= 15 is 0 Å². The highest BCUT2D eigenvalue weighted by atomic mass is 19.1. The van der Waals surface area contributed by atoms with Gasteiger partial charge in [-0.25, -0.2) is 4.39 Å². The van der Waals surface area contributed by atoms with Crippen LogP contribution in [0.2, 0.25) is 0 Å². The molecular formula is C14H21FN2. The van der Waals surface area contributed by atoms with Crippen LogP contribution in [0.25, 0.3) is 0 Å². The van der Waals surface area contributed by atoms with E-state index in [0.29, 0.717) is 6.04 Å². The van der Waals surface area contributed by atoms with Crippen LogP contribution in [0, 0.1) is 12.7 Å². The van der Waals surface area contributed by atoms with Gasteiger partial charge in [0.15, 0.2) is 0 Å².